The third kappa shape index (κ3) is 5.58. The summed E-state index contributed by atoms with van der Waals surface area (Å²) >= 11 is 0. The highest BCUT2D eigenvalue weighted by atomic mass is 16.6. The Morgan fingerprint density at radius 3 is 2.51 bits per heavy atom. The molecule has 37 heavy (non-hydrogen) atoms. The first kappa shape index (κ1) is 24.7. The van der Waals surface area contributed by atoms with Gasteiger partial charge in [-0.25, -0.2) is 4.79 Å². The SMILES string of the molecule is COc1cc(OC2CCC(NC(=O)OC(C)(C)C)CC2)cc2c(-c3cc4ccccc4o3)c[n+]([O-])cc12. The molecule has 1 saturated carbocycles. The fourth-order valence-electron chi connectivity index (χ4n) is 4.86. The number of pyridine rings is 1. The molecular weight excluding hydrogens is 472 g/mol. The number of para-hydroxylation sites is 1. The van der Waals surface area contributed by atoms with Gasteiger partial charge >= 0.3 is 6.09 Å². The molecule has 0 aliphatic heterocycles. The second-order valence-corrected chi connectivity index (χ2v) is 10.5. The predicted molar refractivity (Wildman–Crippen MR) is 141 cm³/mol. The van der Waals surface area contributed by atoms with Gasteiger partial charge < -0.3 is 29.2 Å². The number of nitrogens with zero attached hydrogens (tertiary/aromatic N) is 1. The predicted octanol–water partition coefficient (Wildman–Crippen LogP) is 6.11. The average Bonchev–Trinajstić information content (AvgIpc) is 3.27. The maximum absolute atomic E-state index is 12.5. The highest BCUT2D eigenvalue weighted by Crippen LogP contribution is 2.38. The molecule has 8 heteroatoms. The second kappa shape index (κ2) is 9.84. The number of carbonyl (C=O) groups is 1. The van der Waals surface area contributed by atoms with Crippen LogP contribution in [0.25, 0.3) is 33.1 Å². The molecule has 2 aromatic heterocycles. The first-order valence-electron chi connectivity index (χ1n) is 12.6. The molecule has 1 aliphatic rings. The third-order valence-corrected chi connectivity index (χ3v) is 6.53. The number of benzene rings is 2. The summed E-state index contributed by atoms with van der Waals surface area (Å²) in [4.78, 5) is 12.1. The van der Waals surface area contributed by atoms with Crippen LogP contribution in [0.5, 0.6) is 11.5 Å². The van der Waals surface area contributed by atoms with Crippen LogP contribution in [0.15, 0.2) is 59.3 Å². The molecule has 0 bridgehead atoms. The number of hydrogen-bond donors (Lipinski definition) is 1. The number of aromatic nitrogens is 1. The van der Waals surface area contributed by atoms with Gasteiger partial charge in [0.2, 0.25) is 0 Å². The first-order valence-corrected chi connectivity index (χ1v) is 12.6. The molecule has 0 unspecified atom stereocenters. The Bertz CT molecular complexity index is 1400. The standard InChI is InChI=1S/C29H32N2O6/c1-29(2,3)37-28(32)30-19-9-11-20(12-10-19)35-21-14-22-23(26(15-21)34-4)16-31(33)17-24(22)27-13-18-7-5-6-8-25(18)36-27/h5-8,13-17,19-20H,9-12H2,1-4H3,(H,30,32). The van der Waals surface area contributed by atoms with Gasteiger partial charge in [0.05, 0.1) is 24.2 Å². The number of carbonyl (C=O) groups excluding carboxylic acids is 1. The highest BCUT2D eigenvalue weighted by Gasteiger charge is 2.26. The van der Waals surface area contributed by atoms with E-state index in [9.17, 15) is 10.0 Å². The Kier molecular flexibility index (Phi) is 6.58. The van der Waals surface area contributed by atoms with Crippen molar-refractivity contribution in [1.82, 2.24) is 5.32 Å². The summed E-state index contributed by atoms with van der Waals surface area (Å²) in [6.45, 7) is 5.56. The van der Waals surface area contributed by atoms with E-state index in [1.54, 1.807) is 7.11 Å². The molecule has 2 heterocycles. The van der Waals surface area contributed by atoms with Crippen molar-refractivity contribution < 1.29 is 28.2 Å². The lowest BCUT2D eigenvalue weighted by Crippen LogP contribution is -2.42. The van der Waals surface area contributed by atoms with Gasteiger partial charge in [0.15, 0.2) is 12.4 Å². The molecule has 0 saturated heterocycles. The fourth-order valence-corrected chi connectivity index (χ4v) is 4.86. The van der Waals surface area contributed by atoms with Crippen molar-refractivity contribution in [1.29, 1.82) is 0 Å². The number of alkyl carbamates (subject to hydrolysis) is 1. The van der Waals surface area contributed by atoms with E-state index in [1.807, 2.05) is 63.2 Å². The van der Waals surface area contributed by atoms with Gasteiger partial charge in [0.1, 0.15) is 28.4 Å². The highest BCUT2D eigenvalue weighted by molar-refractivity contribution is 6.00. The molecule has 194 valence electrons. The lowest BCUT2D eigenvalue weighted by atomic mass is 9.93. The van der Waals surface area contributed by atoms with E-state index in [4.69, 9.17) is 18.6 Å². The molecule has 5 rings (SSSR count). The number of amides is 1. The minimum absolute atomic E-state index is 0.00153. The van der Waals surface area contributed by atoms with Crippen molar-refractivity contribution in [2.24, 2.45) is 0 Å². The number of hydrogen-bond acceptors (Lipinski definition) is 6. The summed E-state index contributed by atoms with van der Waals surface area (Å²) in [6.07, 6.45) is 5.82. The average molecular weight is 505 g/mol. The van der Waals surface area contributed by atoms with Crippen LogP contribution < -0.4 is 19.5 Å². The molecule has 8 nitrogen and oxygen atoms in total. The van der Waals surface area contributed by atoms with Crippen LogP contribution in [0.3, 0.4) is 0 Å². The van der Waals surface area contributed by atoms with E-state index >= 15 is 0 Å². The third-order valence-electron chi connectivity index (χ3n) is 6.53. The summed E-state index contributed by atoms with van der Waals surface area (Å²) in [5, 5.41) is 17.9. The van der Waals surface area contributed by atoms with E-state index in [-0.39, 0.29) is 18.2 Å². The van der Waals surface area contributed by atoms with Crippen molar-refractivity contribution in [2.45, 2.75) is 64.2 Å². The number of ether oxygens (including phenoxy) is 3. The van der Waals surface area contributed by atoms with Gasteiger partial charge in [-0.2, -0.15) is 4.73 Å². The summed E-state index contributed by atoms with van der Waals surface area (Å²) in [5.41, 5.74) is 0.896. The van der Waals surface area contributed by atoms with Gasteiger partial charge in [-0.1, -0.05) is 18.2 Å². The van der Waals surface area contributed by atoms with Crippen LogP contribution in [0.2, 0.25) is 0 Å². The van der Waals surface area contributed by atoms with Crippen molar-refractivity contribution in [3.8, 4) is 22.8 Å². The van der Waals surface area contributed by atoms with E-state index in [2.05, 4.69) is 5.32 Å². The Morgan fingerprint density at radius 2 is 1.81 bits per heavy atom. The Labute approximate surface area is 215 Å². The number of rotatable bonds is 5. The largest absolute Gasteiger partial charge is 0.619 e. The van der Waals surface area contributed by atoms with Gasteiger partial charge in [-0.15, -0.1) is 0 Å². The van der Waals surface area contributed by atoms with E-state index in [0.717, 1.165) is 46.8 Å². The van der Waals surface area contributed by atoms with Crippen LogP contribution in [-0.4, -0.2) is 30.9 Å². The van der Waals surface area contributed by atoms with Crippen LogP contribution >= 0.6 is 0 Å². The monoisotopic (exact) mass is 504 g/mol. The lowest BCUT2D eigenvalue weighted by Gasteiger charge is -2.30. The zero-order valence-corrected chi connectivity index (χ0v) is 21.6. The molecule has 1 N–H and O–H groups in total. The number of methoxy groups -OCH3 is 1. The zero-order chi connectivity index (χ0) is 26.2. The second-order valence-electron chi connectivity index (χ2n) is 10.5. The minimum atomic E-state index is -0.522. The Morgan fingerprint density at radius 1 is 1.05 bits per heavy atom. The summed E-state index contributed by atoms with van der Waals surface area (Å²) in [6, 6.07) is 13.5. The maximum Gasteiger partial charge on any atom is 0.407 e. The van der Waals surface area contributed by atoms with Crippen molar-refractivity contribution in [3.05, 3.63) is 60.1 Å². The molecule has 0 atom stereocenters. The molecule has 1 amide bonds. The quantitative estimate of drug-likeness (QED) is 0.260. The number of fused-ring (bicyclic) bond motifs is 2. The Hall–Kier alpha value is -3.94. The topological polar surface area (TPSA) is 96.9 Å². The number of furan rings is 1. The van der Waals surface area contributed by atoms with E-state index < -0.39 is 5.60 Å². The summed E-state index contributed by atoms with van der Waals surface area (Å²) in [5.74, 6) is 1.81. The van der Waals surface area contributed by atoms with E-state index in [1.165, 1.54) is 12.4 Å². The fraction of sp³-hybridized carbons (Fsp3) is 0.379. The molecule has 4 aromatic rings. The van der Waals surface area contributed by atoms with Gasteiger partial charge in [0.25, 0.3) is 0 Å². The molecule has 0 radical (unpaired) electrons. The molecular formula is C29H32N2O6. The van der Waals surface area contributed by atoms with Crippen LogP contribution in [0.4, 0.5) is 4.79 Å². The number of nitrogens with one attached hydrogen (secondary N) is 1. The van der Waals surface area contributed by atoms with E-state index in [0.29, 0.717) is 28.2 Å². The van der Waals surface area contributed by atoms with Crippen LogP contribution in [-0.2, 0) is 4.74 Å². The molecule has 2 aromatic carbocycles. The smallest absolute Gasteiger partial charge is 0.407 e. The Balaban J connectivity index is 1.37. The maximum atomic E-state index is 12.5. The lowest BCUT2D eigenvalue weighted by molar-refractivity contribution is -0.603. The molecule has 0 spiro atoms. The van der Waals surface area contributed by atoms with Gasteiger partial charge in [-0.3, -0.25) is 0 Å². The summed E-state index contributed by atoms with van der Waals surface area (Å²) in [7, 11) is 1.58. The normalized spacial score (nSPS) is 18.1. The molecule has 1 fully saturated rings. The summed E-state index contributed by atoms with van der Waals surface area (Å²) < 4.78 is 24.2. The van der Waals surface area contributed by atoms with Crippen molar-refractivity contribution >= 4 is 27.8 Å². The first-order chi connectivity index (χ1) is 17.7. The minimum Gasteiger partial charge on any atom is -0.619 e. The zero-order valence-electron chi connectivity index (χ0n) is 21.6. The van der Waals surface area contributed by atoms with Gasteiger partial charge in [-0.05, 0) is 64.7 Å². The van der Waals surface area contributed by atoms with Gasteiger partial charge in [0, 0.05) is 22.9 Å². The van der Waals surface area contributed by atoms with Crippen molar-refractivity contribution in [3.63, 3.8) is 0 Å². The molecule has 1 aliphatic carbocycles. The van der Waals surface area contributed by atoms with Crippen molar-refractivity contribution in [2.75, 3.05) is 7.11 Å². The van der Waals surface area contributed by atoms with Crippen LogP contribution in [0, 0.1) is 5.21 Å². The van der Waals surface area contributed by atoms with Crippen LogP contribution in [0.1, 0.15) is 46.5 Å².